The van der Waals surface area contributed by atoms with E-state index in [1.54, 1.807) is 0 Å². The third-order valence-electron chi connectivity index (χ3n) is 2.66. The van der Waals surface area contributed by atoms with E-state index in [2.05, 4.69) is 112 Å². The van der Waals surface area contributed by atoms with Gasteiger partial charge in [0.05, 0.1) is 7.47 Å². The van der Waals surface area contributed by atoms with Gasteiger partial charge in [-0.05, 0) is 22.3 Å². The van der Waals surface area contributed by atoms with Crippen molar-refractivity contribution < 1.29 is 0 Å². The van der Waals surface area contributed by atoms with Gasteiger partial charge < -0.3 is 0 Å². The lowest BCUT2D eigenvalue weighted by molar-refractivity contribution is 1.40. The molecule has 0 N–H and O–H groups in total. The van der Waals surface area contributed by atoms with Gasteiger partial charge in [0.2, 0.25) is 0 Å². The van der Waals surface area contributed by atoms with Gasteiger partial charge in [-0.15, -0.1) is 0 Å². The van der Waals surface area contributed by atoms with Gasteiger partial charge in [-0.3, -0.25) is 0 Å². The largest absolute Gasteiger partial charge is 0.0946 e. The second-order valence-corrected chi connectivity index (χ2v) is 9.97. The molecule has 0 aliphatic heterocycles. The molecule has 0 spiro atoms. The van der Waals surface area contributed by atoms with Crippen LogP contribution in [0.3, 0.4) is 0 Å². The smallest absolute Gasteiger partial charge is 0.0712 e. The molecule has 0 amide bonds. The van der Waals surface area contributed by atoms with Crippen LogP contribution in [0.1, 0.15) is 18.6 Å². The summed E-state index contributed by atoms with van der Waals surface area (Å²) in [6, 6.07) is 17.0. The Morgan fingerprint density at radius 3 is 1.00 bits per heavy atom. The molecule has 0 aromatic heterocycles. The van der Waals surface area contributed by atoms with Gasteiger partial charge in [0.25, 0.3) is 0 Å². The number of hydrogen-bond donors (Lipinski definition) is 0. The summed E-state index contributed by atoms with van der Waals surface area (Å²) in [5.41, 5.74) is 4.89. The first kappa shape index (κ1) is 14.8. The van der Waals surface area contributed by atoms with E-state index in [-0.39, 0.29) is 7.47 Å². The highest BCUT2D eigenvalue weighted by atomic mass is 79.9. The van der Waals surface area contributed by atoms with Crippen molar-refractivity contribution in [3.05, 3.63) is 59.7 Å². The molecule has 0 bridgehead atoms. The molecule has 0 atom stereocenters. The maximum Gasteiger partial charge on any atom is 0.0946 e. The monoisotopic (exact) mass is 494 g/mol. The fourth-order valence-electron chi connectivity index (χ4n) is 1.64. The maximum atomic E-state index is 3.49. The van der Waals surface area contributed by atoms with Gasteiger partial charge in [0, 0.05) is 0 Å². The highest BCUT2D eigenvalue weighted by Gasteiger charge is 2.05. The number of rotatable bonds is 3. The molecular formula is C14H10Br4. The molecule has 0 saturated carbocycles. The van der Waals surface area contributed by atoms with Crippen LogP contribution in [-0.4, -0.2) is 0 Å². The van der Waals surface area contributed by atoms with Gasteiger partial charge in [0.1, 0.15) is 0 Å². The van der Waals surface area contributed by atoms with E-state index in [4.69, 9.17) is 0 Å². The molecule has 0 aliphatic carbocycles. The van der Waals surface area contributed by atoms with Crippen molar-refractivity contribution in [1.82, 2.24) is 0 Å². The predicted molar refractivity (Wildman–Crippen MR) is 93.1 cm³/mol. The van der Waals surface area contributed by atoms with Gasteiger partial charge >= 0.3 is 0 Å². The van der Waals surface area contributed by atoms with Crippen molar-refractivity contribution in [2.75, 3.05) is 0 Å². The first-order chi connectivity index (χ1) is 8.58. The first-order valence-electron chi connectivity index (χ1n) is 5.34. The summed E-state index contributed by atoms with van der Waals surface area (Å²) in [5.74, 6) is 0. The maximum absolute atomic E-state index is 3.49. The van der Waals surface area contributed by atoms with Crippen LogP contribution in [0.25, 0.3) is 11.1 Å². The number of halogens is 4. The standard InChI is InChI=1S/C14H10Br4/c15-13(16)11-5-1-9(2-6-11)10-3-7-12(8-4-10)14(17)18/h1-8,13-14H. The molecule has 4 heteroatoms. The van der Waals surface area contributed by atoms with Crippen molar-refractivity contribution in [2.24, 2.45) is 0 Å². The summed E-state index contributed by atoms with van der Waals surface area (Å²) in [4.78, 5) is 0. The Morgan fingerprint density at radius 1 is 0.500 bits per heavy atom. The van der Waals surface area contributed by atoms with Gasteiger partial charge in [-0.25, -0.2) is 0 Å². The molecule has 2 aromatic carbocycles. The van der Waals surface area contributed by atoms with Crippen molar-refractivity contribution in [2.45, 2.75) is 7.47 Å². The van der Waals surface area contributed by atoms with Crippen molar-refractivity contribution in [3.63, 3.8) is 0 Å². The average molecular weight is 498 g/mol. The molecule has 0 saturated heterocycles. The zero-order chi connectivity index (χ0) is 13.1. The highest BCUT2D eigenvalue weighted by Crippen LogP contribution is 2.32. The fourth-order valence-corrected chi connectivity index (χ4v) is 2.86. The average Bonchev–Trinajstić information content (AvgIpc) is 2.39. The van der Waals surface area contributed by atoms with Gasteiger partial charge in [0.15, 0.2) is 0 Å². The zero-order valence-electron chi connectivity index (χ0n) is 9.29. The van der Waals surface area contributed by atoms with E-state index in [0.29, 0.717) is 0 Å². The Labute approximate surface area is 141 Å². The second kappa shape index (κ2) is 6.69. The molecule has 18 heavy (non-hydrogen) atoms. The Hall–Kier alpha value is 0.360. The lowest BCUT2D eigenvalue weighted by Crippen LogP contribution is -1.84. The van der Waals surface area contributed by atoms with E-state index in [1.165, 1.54) is 22.3 Å². The molecule has 0 radical (unpaired) electrons. The molecule has 0 aliphatic rings. The Bertz CT molecular complexity index is 451. The summed E-state index contributed by atoms with van der Waals surface area (Å²) in [6.07, 6.45) is 0. The van der Waals surface area contributed by atoms with Gasteiger partial charge in [-0.2, -0.15) is 0 Å². The summed E-state index contributed by atoms with van der Waals surface area (Å²) in [7, 11) is 0. The van der Waals surface area contributed by atoms with Crippen LogP contribution in [-0.2, 0) is 0 Å². The summed E-state index contributed by atoms with van der Waals surface area (Å²) >= 11 is 14.0. The number of benzene rings is 2. The van der Waals surface area contributed by atoms with E-state index in [1.807, 2.05) is 0 Å². The molecule has 94 valence electrons. The minimum Gasteiger partial charge on any atom is -0.0712 e. The van der Waals surface area contributed by atoms with E-state index < -0.39 is 0 Å². The van der Waals surface area contributed by atoms with Crippen LogP contribution in [0, 0.1) is 0 Å². The van der Waals surface area contributed by atoms with Crippen LogP contribution in [0.4, 0.5) is 0 Å². The molecule has 2 rings (SSSR count). The second-order valence-electron chi connectivity index (χ2n) is 3.85. The van der Waals surface area contributed by atoms with Crippen LogP contribution < -0.4 is 0 Å². The van der Waals surface area contributed by atoms with Crippen LogP contribution >= 0.6 is 63.7 Å². The minimum atomic E-state index is 0.212. The quantitative estimate of drug-likeness (QED) is 0.403. The lowest BCUT2D eigenvalue weighted by Gasteiger charge is -2.07. The molecule has 0 unspecified atom stereocenters. The minimum absolute atomic E-state index is 0.212. The van der Waals surface area contributed by atoms with Gasteiger partial charge in [-0.1, -0.05) is 112 Å². The Morgan fingerprint density at radius 2 is 0.778 bits per heavy atom. The highest BCUT2D eigenvalue weighted by molar-refractivity contribution is 9.24. The Balaban J connectivity index is 2.25. The summed E-state index contributed by atoms with van der Waals surface area (Å²) in [5, 5.41) is 0. The topological polar surface area (TPSA) is 0 Å². The predicted octanol–water partition coefficient (Wildman–Crippen LogP) is 6.93. The van der Waals surface area contributed by atoms with E-state index in [9.17, 15) is 0 Å². The van der Waals surface area contributed by atoms with E-state index in [0.717, 1.165) is 0 Å². The Kier molecular flexibility index (Phi) is 5.48. The zero-order valence-corrected chi connectivity index (χ0v) is 15.6. The van der Waals surface area contributed by atoms with Crippen molar-refractivity contribution in [1.29, 1.82) is 0 Å². The third-order valence-corrected chi connectivity index (χ3v) is 4.77. The number of alkyl halides is 4. The van der Waals surface area contributed by atoms with Crippen molar-refractivity contribution in [3.8, 4) is 11.1 Å². The molecule has 0 nitrogen and oxygen atoms in total. The fraction of sp³-hybridized carbons (Fsp3) is 0.143. The molecule has 2 aromatic rings. The third kappa shape index (κ3) is 3.69. The van der Waals surface area contributed by atoms with Crippen LogP contribution in [0.5, 0.6) is 0 Å². The molecular weight excluding hydrogens is 488 g/mol. The summed E-state index contributed by atoms with van der Waals surface area (Å²) < 4.78 is 0.424. The first-order valence-corrected chi connectivity index (χ1v) is 9.01. The SMILES string of the molecule is BrC(Br)c1ccc(-c2ccc(C(Br)Br)cc2)cc1. The normalized spacial score (nSPS) is 11.2. The van der Waals surface area contributed by atoms with Crippen LogP contribution in [0.15, 0.2) is 48.5 Å². The molecule has 0 heterocycles. The van der Waals surface area contributed by atoms with E-state index >= 15 is 0 Å². The lowest BCUT2D eigenvalue weighted by atomic mass is 10.0. The molecule has 0 fully saturated rings. The van der Waals surface area contributed by atoms with Crippen LogP contribution in [0.2, 0.25) is 0 Å². The summed E-state index contributed by atoms with van der Waals surface area (Å²) in [6.45, 7) is 0. The number of hydrogen-bond acceptors (Lipinski definition) is 0. The van der Waals surface area contributed by atoms with Crippen molar-refractivity contribution >= 4 is 63.7 Å².